The fraction of sp³-hybridized carbons (Fsp3) is 0.355. The Balaban J connectivity index is 1.54. The van der Waals surface area contributed by atoms with E-state index in [1.807, 2.05) is 60.4 Å². The highest BCUT2D eigenvalue weighted by Crippen LogP contribution is 2.39. The number of halogens is 1. The van der Waals surface area contributed by atoms with Crippen molar-refractivity contribution >= 4 is 44.7 Å². The molecule has 1 aliphatic carbocycles. The van der Waals surface area contributed by atoms with Crippen LogP contribution in [-0.4, -0.2) is 28.9 Å². The second-order valence-corrected chi connectivity index (χ2v) is 11.6. The van der Waals surface area contributed by atoms with Gasteiger partial charge in [0.05, 0.1) is 12.1 Å². The second kappa shape index (κ2) is 11.3. The molecular weight excluding hydrogens is 514 g/mol. The smallest absolute Gasteiger partial charge is 0.266 e. The fourth-order valence-corrected chi connectivity index (χ4v) is 7.12. The van der Waals surface area contributed by atoms with Crippen molar-refractivity contribution in [2.75, 3.05) is 12.8 Å². The average molecular weight is 548 g/mol. The molecule has 2 aromatic heterocycles. The van der Waals surface area contributed by atoms with Gasteiger partial charge in [-0.1, -0.05) is 49.2 Å². The first-order chi connectivity index (χ1) is 18.4. The van der Waals surface area contributed by atoms with E-state index in [2.05, 4.69) is 18.0 Å². The molecule has 0 unspecified atom stereocenters. The molecule has 0 spiro atoms. The first-order valence-corrected chi connectivity index (χ1v) is 14.5. The highest BCUT2D eigenvalue weighted by Gasteiger charge is 2.32. The van der Waals surface area contributed by atoms with E-state index in [1.165, 1.54) is 17.8 Å². The van der Waals surface area contributed by atoms with Gasteiger partial charge in [-0.25, -0.2) is 4.98 Å². The van der Waals surface area contributed by atoms with Gasteiger partial charge in [-0.3, -0.25) is 4.79 Å². The number of anilines is 1. The number of carbonyl (C=O) groups excluding carboxylic acids is 1. The third-order valence-electron chi connectivity index (χ3n) is 7.86. The summed E-state index contributed by atoms with van der Waals surface area (Å²) in [6, 6.07) is 18.0. The molecule has 1 saturated carbocycles. The Bertz CT molecular complexity index is 1460. The van der Waals surface area contributed by atoms with Gasteiger partial charge in [0.25, 0.3) is 5.91 Å². The largest absolute Gasteiger partial charge is 0.496 e. The van der Waals surface area contributed by atoms with Crippen LogP contribution in [0.3, 0.4) is 0 Å². The van der Waals surface area contributed by atoms with Crippen LogP contribution in [0.4, 0.5) is 5.82 Å². The maximum Gasteiger partial charge on any atom is 0.266 e. The summed E-state index contributed by atoms with van der Waals surface area (Å²) in [5.74, 6) is 1.99. The molecule has 38 heavy (non-hydrogen) atoms. The van der Waals surface area contributed by atoms with Gasteiger partial charge in [-0.05, 0) is 74.4 Å². The number of rotatable bonds is 7. The number of hydrogen-bond acceptors (Lipinski definition) is 5. The number of benzene rings is 2. The third-order valence-corrected chi connectivity index (χ3v) is 9.53. The van der Waals surface area contributed by atoms with E-state index in [4.69, 9.17) is 22.1 Å². The van der Waals surface area contributed by atoms with Crippen LogP contribution in [0.15, 0.2) is 54.6 Å². The molecule has 7 heteroatoms. The first kappa shape index (κ1) is 26.5. The van der Waals surface area contributed by atoms with Crippen LogP contribution in [0.5, 0.6) is 5.75 Å². The SMILES string of the molecule is CCC1CCC(N(Cc2cc(-c3ccc(N)nc3C)ccc2OC)C(=O)c2sc3ccccc3c2Cl)CC1. The van der Waals surface area contributed by atoms with Gasteiger partial charge in [-0.15, -0.1) is 11.3 Å². The first-order valence-electron chi connectivity index (χ1n) is 13.3. The summed E-state index contributed by atoms with van der Waals surface area (Å²) < 4.78 is 6.80. The number of fused-ring (bicyclic) bond motifs is 1. The Morgan fingerprint density at radius 1 is 1.13 bits per heavy atom. The molecule has 0 saturated heterocycles. The Morgan fingerprint density at radius 3 is 2.58 bits per heavy atom. The van der Waals surface area contributed by atoms with Crippen molar-refractivity contribution in [3.8, 4) is 16.9 Å². The van der Waals surface area contributed by atoms with Crippen LogP contribution >= 0.6 is 22.9 Å². The number of nitrogens with two attached hydrogens (primary N) is 1. The van der Waals surface area contributed by atoms with E-state index in [0.29, 0.717) is 22.3 Å². The van der Waals surface area contributed by atoms with Crippen LogP contribution in [0.1, 0.15) is 60.0 Å². The summed E-state index contributed by atoms with van der Waals surface area (Å²) in [5, 5.41) is 1.48. The van der Waals surface area contributed by atoms with Crippen LogP contribution in [0.2, 0.25) is 5.02 Å². The minimum Gasteiger partial charge on any atom is -0.496 e. The van der Waals surface area contributed by atoms with E-state index in [9.17, 15) is 4.79 Å². The van der Waals surface area contributed by atoms with E-state index in [1.54, 1.807) is 7.11 Å². The van der Waals surface area contributed by atoms with Gasteiger partial charge in [0.2, 0.25) is 0 Å². The molecule has 0 bridgehead atoms. The van der Waals surface area contributed by atoms with Gasteiger partial charge in [-0.2, -0.15) is 0 Å². The van der Waals surface area contributed by atoms with Crippen molar-refractivity contribution in [3.05, 3.63) is 75.8 Å². The molecule has 4 aromatic rings. The quantitative estimate of drug-likeness (QED) is 0.253. The number of methoxy groups -OCH3 is 1. The molecule has 1 amide bonds. The van der Waals surface area contributed by atoms with Crippen LogP contribution in [0.25, 0.3) is 21.2 Å². The summed E-state index contributed by atoms with van der Waals surface area (Å²) >= 11 is 8.28. The zero-order valence-electron chi connectivity index (χ0n) is 22.2. The maximum absolute atomic E-state index is 14.2. The fourth-order valence-electron chi connectivity index (χ4n) is 5.65. The monoisotopic (exact) mass is 547 g/mol. The summed E-state index contributed by atoms with van der Waals surface area (Å²) in [7, 11) is 1.68. The molecule has 2 heterocycles. The standard InChI is InChI=1S/C31H34ClN3O2S/c1-4-20-9-12-23(13-10-20)35(31(36)30-29(32)25-7-5-6-8-27(25)38-30)18-22-17-21(11-15-26(22)37-3)24-14-16-28(33)34-19(24)2/h5-8,11,14-17,20,23H,4,9-10,12-13,18H2,1-3H3,(H2,33,34). The number of carbonyl (C=O) groups is 1. The predicted molar refractivity (Wildman–Crippen MR) is 158 cm³/mol. The number of nitrogens with zero attached hydrogens (tertiary/aromatic N) is 2. The summed E-state index contributed by atoms with van der Waals surface area (Å²) in [6.45, 7) is 4.67. The highest BCUT2D eigenvalue weighted by molar-refractivity contribution is 7.21. The lowest BCUT2D eigenvalue weighted by atomic mass is 9.83. The number of amides is 1. The predicted octanol–water partition coefficient (Wildman–Crippen LogP) is 8.13. The lowest BCUT2D eigenvalue weighted by Gasteiger charge is -2.37. The van der Waals surface area contributed by atoms with Crippen molar-refractivity contribution in [1.82, 2.24) is 9.88 Å². The van der Waals surface area contributed by atoms with E-state index in [0.717, 1.165) is 69.8 Å². The number of nitrogen functional groups attached to an aromatic ring is 1. The van der Waals surface area contributed by atoms with Crippen molar-refractivity contribution in [2.24, 2.45) is 5.92 Å². The minimum absolute atomic E-state index is 0.00561. The van der Waals surface area contributed by atoms with E-state index >= 15 is 0 Å². The molecule has 2 aromatic carbocycles. The maximum atomic E-state index is 14.2. The molecular formula is C31H34ClN3O2S. The van der Waals surface area contributed by atoms with Gasteiger partial charge in [0, 0.05) is 39.5 Å². The van der Waals surface area contributed by atoms with E-state index in [-0.39, 0.29) is 11.9 Å². The number of hydrogen-bond donors (Lipinski definition) is 1. The zero-order chi connectivity index (χ0) is 26.8. The molecule has 1 aliphatic rings. The van der Waals surface area contributed by atoms with Gasteiger partial charge in [0.15, 0.2) is 0 Å². The van der Waals surface area contributed by atoms with Crippen molar-refractivity contribution < 1.29 is 9.53 Å². The minimum atomic E-state index is -0.00561. The van der Waals surface area contributed by atoms with Gasteiger partial charge in [0.1, 0.15) is 16.4 Å². The summed E-state index contributed by atoms with van der Waals surface area (Å²) in [4.78, 5) is 21.3. The second-order valence-electron chi connectivity index (χ2n) is 10.2. The lowest BCUT2D eigenvalue weighted by Crippen LogP contribution is -2.41. The number of aryl methyl sites for hydroxylation is 1. The molecule has 0 radical (unpaired) electrons. The third kappa shape index (κ3) is 5.25. The van der Waals surface area contributed by atoms with Crippen molar-refractivity contribution in [2.45, 2.75) is 58.5 Å². The average Bonchev–Trinajstić information content (AvgIpc) is 3.28. The number of pyridine rings is 1. The summed E-state index contributed by atoms with van der Waals surface area (Å²) in [5.41, 5.74) is 9.75. The normalized spacial score (nSPS) is 17.5. The zero-order valence-corrected chi connectivity index (χ0v) is 23.7. The van der Waals surface area contributed by atoms with Crippen molar-refractivity contribution in [1.29, 1.82) is 0 Å². The van der Waals surface area contributed by atoms with Gasteiger partial charge < -0.3 is 15.4 Å². The highest BCUT2D eigenvalue weighted by atomic mass is 35.5. The Kier molecular flexibility index (Phi) is 7.91. The lowest BCUT2D eigenvalue weighted by molar-refractivity contribution is 0.0591. The van der Waals surface area contributed by atoms with E-state index < -0.39 is 0 Å². The van der Waals surface area contributed by atoms with Crippen LogP contribution < -0.4 is 10.5 Å². The Hall–Kier alpha value is -3.09. The molecule has 0 aliphatic heterocycles. The molecule has 198 valence electrons. The van der Waals surface area contributed by atoms with Crippen molar-refractivity contribution in [3.63, 3.8) is 0 Å². The Morgan fingerprint density at radius 2 is 1.89 bits per heavy atom. The summed E-state index contributed by atoms with van der Waals surface area (Å²) in [6.07, 6.45) is 5.45. The van der Waals surface area contributed by atoms with Crippen LogP contribution in [-0.2, 0) is 6.54 Å². The number of aromatic nitrogens is 1. The number of thiophene rings is 1. The molecule has 2 N–H and O–H groups in total. The van der Waals surface area contributed by atoms with Gasteiger partial charge >= 0.3 is 0 Å². The molecule has 1 fully saturated rings. The molecule has 0 atom stereocenters. The Labute approximate surface area is 233 Å². The number of ether oxygens (including phenoxy) is 1. The topological polar surface area (TPSA) is 68.4 Å². The molecule has 5 nitrogen and oxygen atoms in total. The molecule has 5 rings (SSSR count). The van der Waals surface area contributed by atoms with Crippen LogP contribution in [0, 0.1) is 12.8 Å².